The Balaban J connectivity index is 0.00000561. The third-order valence-corrected chi connectivity index (χ3v) is 10.4. The Morgan fingerprint density at radius 2 is 1.33 bits per heavy atom. The molecule has 2 aromatic heterocycles. The van der Waals surface area contributed by atoms with Crippen molar-refractivity contribution in [2.24, 2.45) is 0 Å². The summed E-state index contributed by atoms with van der Waals surface area (Å²) in [6.07, 6.45) is 9.56. The van der Waals surface area contributed by atoms with E-state index in [0.717, 1.165) is 88.6 Å². The molecule has 1 saturated carbocycles. The summed E-state index contributed by atoms with van der Waals surface area (Å²) in [5.41, 5.74) is 13.6. The minimum Gasteiger partial charge on any atom is -0.304 e. The van der Waals surface area contributed by atoms with Crippen molar-refractivity contribution in [3.63, 3.8) is 0 Å². The number of pyridine rings is 2. The monoisotopic (exact) mass is 886 g/mol. The SMILES string of the molecule is [2H]C([2H])([2H])c1ccc(-c2[c-]cc(CCc3cc(C)cc(-c4ccccc4-c4c[c-]c(-c5cc(-c6ccc(C7([2H])CCCCC7)cc6)c(C([2H])([2H])[2H])cn5)cc4)c3)cc2)nc1.[Ir]. The van der Waals surface area contributed by atoms with Crippen molar-refractivity contribution in [2.45, 2.75) is 71.5 Å². The summed E-state index contributed by atoms with van der Waals surface area (Å²) in [6.45, 7) is -2.39. The summed E-state index contributed by atoms with van der Waals surface area (Å²) in [6, 6.07) is 47.1. The van der Waals surface area contributed by atoms with Crippen molar-refractivity contribution in [1.29, 1.82) is 0 Å². The van der Waals surface area contributed by atoms with E-state index in [1.54, 1.807) is 12.1 Å². The van der Waals surface area contributed by atoms with Crippen molar-refractivity contribution in [3.05, 3.63) is 179 Å². The average Bonchev–Trinajstić information content (AvgIpc) is 3.25. The first-order valence-electron chi connectivity index (χ1n) is 22.1. The van der Waals surface area contributed by atoms with Crippen LogP contribution in [0.1, 0.15) is 81.0 Å². The molecule has 0 amide bonds. The number of hydrogen-bond acceptors (Lipinski definition) is 2. The first-order valence-corrected chi connectivity index (χ1v) is 18.6. The van der Waals surface area contributed by atoms with Crippen molar-refractivity contribution in [1.82, 2.24) is 9.97 Å². The normalized spacial score (nSPS) is 16.0. The summed E-state index contributed by atoms with van der Waals surface area (Å²) >= 11 is 0. The molecule has 3 heteroatoms. The molecule has 1 aliphatic rings. The molecule has 0 saturated heterocycles. The molecule has 271 valence electrons. The Kier molecular flexibility index (Phi) is 9.27. The van der Waals surface area contributed by atoms with Crippen molar-refractivity contribution in [3.8, 4) is 55.9 Å². The second-order valence-electron chi connectivity index (χ2n) is 14.1. The molecule has 0 bridgehead atoms. The van der Waals surface area contributed by atoms with Gasteiger partial charge in [-0.3, -0.25) is 0 Å². The average molecular weight is 886 g/mol. The predicted octanol–water partition coefficient (Wildman–Crippen LogP) is 13.2. The zero-order chi connectivity index (χ0) is 42.1. The van der Waals surface area contributed by atoms with Crippen molar-refractivity contribution in [2.75, 3.05) is 0 Å². The van der Waals surface area contributed by atoms with Crippen LogP contribution >= 0.6 is 0 Å². The predicted molar refractivity (Wildman–Crippen MR) is 221 cm³/mol. The van der Waals surface area contributed by atoms with Crippen LogP contribution in [0, 0.1) is 32.8 Å². The number of nitrogens with zero attached hydrogens (tertiary/aromatic N) is 2. The van der Waals surface area contributed by atoms with Crippen molar-refractivity contribution >= 4 is 0 Å². The minimum absolute atomic E-state index is 0. The summed E-state index contributed by atoms with van der Waals surface area (Å²) in [5.74, 6) is -0.584. The van der Waals surface area contributed by atoms with Gasteiger partial charge in [-0.2, -0.15) is 0 Å². The Labute approximate surface area is 345 Å². The molecule has 0 N–H and O–H groups in total. The van der Waals surface area contributed by atoms with Crippen LogP contribution in [0.3, 0.4) is 0 Å². The molecule has 2 nitrogen and oxygen atoms in total. The van der Waals surface area contributed by atoms with Gasteiger partial charge in [-0.25, -0.2) is 0 Å². The van der Waals surface area contributed by atoms with Crippen LogP contribution in [-0.2, 0) is 32.9 Å². The fraction of sp³-hybridized carbons (Fsp3) is 0.216. The number of aromatic nitrogens is 2. The van der Waals surface area contributed by atoms with Gasteiger partial charge in [0.2, 0.25) is 0 Å². The number of hydrogen-bond donors (Lipinski definition) is 0. The summed E-state index contributed by atoms with van der Waals surface area (Å²) < 4.78 is 56.6. The van der Waals surface area contributed by atoms with Crippen LogP contribution in [0.25, 0.3) is 55.9 Å². The molecule has 54 heavy (non-hydrogen) atoms. The zero-order valence-corrected chi connectivity index (χ0v) is 32.8. The molecule has 0 unspecified atom stereocenters. The Morgan fingerprint density at radius 3 is 2.04 bits per heavy atom. The first kappa shape index (κ1) is 29.4. The molecular weight excluding hydrogens is 833 g/mol. The zero-order valence-electron chi connectivity index (χ0n) is 37.4. The molecule has 0 spiro atoms. The van der Waals surface area contributed by atoms with Gasteiger partial charge in [0, 0.05) is 42.1 Å². The first-order chi connectivity index (χ1) is 28.7. The maximum absolute atomic E-state index is 9.06. The van der Waals surface area contributed by atoms with Crippen LogP contribution in [0.4, 0.5) is 0 Å². The molecule has 7 aromatic rings. The quantitative estimate of drug-likeness (QED) is 0.135. The van der Waals surface area contributed by atoms with Crippen molar-refractivity contribution < 1.29 is 29.7 Å². The molecule has 5 aromatic carbocycles. The smallest absolute Gasteiger partial charge is 0.0352 e. The van der Waals surface area contributed by atoms with Crippen LogP contribution in [0.15, 0.2) is 134 Å². The van der Waals surface area contributed by atoms with E-state index in [1.807, 2.05) is 60.7 Å². The van der Waals surface area contributed by atoms with Gasteiger partial charge in [-0.15, -0.1) is 65.2 Å². The maximum atomic E-state index is 9.06. The Hall–Kier alpha value is -4.95. The van der Waals surface area contributed by atoms with Gasteiger partial charge in [0.1, 0.15) is 0 Å². The van der Waals surface area contributed by atoms with Gasteiger partial charge in [0.15, 0.2) is 0 Å². The number of aryl methyl sites for hydroxylation is 5. The fourth-order valence-electron chi connectivity index (χ4n) is 7.51. The van der Waals surface area contributed by atoms with Gasteiger partial charge in [-0.1, -0.05) is 127 Å². The van der Waals surface area contributed by atoms with E-state index >= 15 is 0 Å². The van der Waals surface area contributed by atoms with E-state index in [1.165, 1.54) is 29.9 Å². The molecule has 8 rings (SSSR count). The van der Waals surface area contributed by atoms with Gasteiger partial charge in [0.05, 0.1) is 0 Å². The molecule has 0 atom stereocenters. The molecule has 1 fully saturated rings. The van der Waals surface area contributed by atoms with Gasteiger partial charge in [0.25, 0.3) is 0 Å². The third-order valence-electron chi connectivity index (χ3n) is 10.4. The topological polar surface area (TPSA) is 25.8 Å². The van der Waals surface area contributed by atoms with Gasteiger partial charge < -0.3 is 9.97 Å². The largest absolute Gasteiger partial charge is 0.304 e. The molecule has 1 aliphatic carbocycles. The van der Waals surface area contributed by atoms with E-state index in [0.29, 0.717) is 17.0 Å². The minimum atomic E-state index is -2.34. The fourth-order valence-corrected chi connectivity index (χ4v) is 7.51. The van der Waals surface area contributed by atoms with E-state index in [4.69, 9.17) is 9.60 Å². The number of benzene rings is 5. The van der Waals surface area contributed by atoms with Crippen LogP contribution in [0.2, 0.25) is 0 Å². The van der Waals surface area contributed by atoms with Crippen LogP contribution < -0.4 is 0 Å². The summed E-state index contributed by atoms with van der Waals surface area (Å²) in [4.78, 5) is 8.97. The third kappa shape index (κ3) is 8.55. The maximum Gasteiger partial charge on any atom is 0.0352 e. The van der Waals surface area contributed by atoms with E-state index in [9.17, 15) is 0 Å². The van der Waals surface area contributed by atoms with Gasteiger partial charge >= 0.3 is 0 Å². The summed E-state index contributed by atoms with van der Waals surface area (Å²) in [7, 11) is 0. The second-order valence-corrected chi connectivity index (χ2v) is 14.1. The van der Waals surface area contributed by atoms with E-state index < -0.39 is 19.6 Å². The molecule has 0 aliphatic heterocycles. The Morgan fingerprint density at radius 1 is 0.611 bits per heavy atom. The summed E-state index contributed by atoms with van der Waals surface area (Å²) in [5, 5.41) is 0. The standard InChI is InChI=1S/C51H46N2.Ir/c1-35-13-28-50(52-33-35)44-18-16-38(17-19-44)14-15-39-29-36(2)30-46(31-39)48-12-8-7-11-47(48)42-24-26-45(27-25-42)51-32-49(37(3)34-53-51)43-22-20-41(21-23-43)40-9-5-4-6-10-40;/h7-8,11-13,16-18,20-26,28-34,40H,4-6,9-10,14-15H2,1-3H3;/q-2;/i1D3,3D3,40D;. The molecule has 1 radical (unpaired) electrons. The molecular formula is C51H46IrN2-2. The van der Waals surface area contributed by atoms with Gasteiger partial charge in [-0.05, 0) is 102 Å². The molecule has 2 heterocycles. The number of rotatable bonds is 9. The van der Waals surface area contributed by atoms with E-state index in [-0.39, 0.29) is 31.2 Å². The van der Waals surface area contributed by atoms with Crippen LogP contribution in [-0.4, -0.2) is 9.97 Å². The van der Waals surface area contributed by atoms with E-state index in [2.05, 4.69) is 77.6 Å². The Bertz CT molecular complexity index is 2590. The van der Waals surface area contributed by atoms with Crippen LogP contribution in [0.5, 0.6) is 0 Å². The second kappa shape index (κ2) is 17.0.